The molecule has 4 aromatic rings. The Morgan fingerprint density at radius 3 is 2.51 bits per heavy atom. The van der Waals surface area contributed by atoms with Crippen molar-refractivity contribution < 1.29 is 4.74 Å². The molecule has 1 N–H and O–H groups in total. The Balaban J connectivity index is 0.995. The summed E-state index contributed by atoms with van der Waals surface area (Å²) in [5.74, 6) is 3.76. The number of benzene rings is 2. The summed E-state index contributed by atoms with van der Waals surface area (Å²) in [6, 6.07) is 22.1. The summed E-state index contributed by atoms with van der Waals surface area (Å²) in [5.41, 5.74) is 17.5. The van der Waals surface area contributed by atoms with Crippen LogP contribution in [0.5, 0.6) is 0 Å². The molecule has 7 aliphatic carbocycles. The lowest BCUT2D eigenvalue weighted by Gasteiger charge is -2.31. The number of aliphatic imine (C=N–C) groups is 2. The Morgan fingerprint density at radius 1 is 0.797 bits per heavy atom. The van der Waals surface area contributed by atoms with E-state index in [9.17, 15) is 0 Å². The highest BCUT2D eigenvalue weighted by Gasteiger charge is 2.47. The van der Waals surface area contributed by atoms with Gasteiger partial charge in [0.2, 0.25) is 0 Å². The van der Waals surface area contributed by atoms with Crippen LogP contribution in [-0.2, 0) is 4.74 Å². The van der Waals surface area contributed by atoms with Crippen molar-refractivity contribution >= 4 is 45.0 Å². The smallest absolute Gasteiger partial charge is 0.161 e. The van der Waals surface area contributed by atoms with E-state index in [-0.39, 0.29) is 18.2 Å². The SMILES string of the molecule is CC1CC2=C(c3c1n(C1=CCCC=C1)c1ccccc31)C1C(c3ncc(C4=CC([C@H]5C=CC=CC5)=CC(C5=CC=CCC5)C4)cc3C3=NC(c4ccccc4)NC(C4=CC=CCC4)=N3)=CCCC1O2. The third kappa shape index (κ3) is 7.60. The van der Waals surface area contributed by atoms with Crippen molar-refractivity contribution in [1.29, 1.82) is 0 Å². The van der Waals surface area contributed by atoms with Gasteiger partial charge in [0.25, 0.3) is 0 Å². The van der Waals surface area contributed by atoms with E-state index in [1.54, 1.807) is 0 Å². The van der Waals surface area contributed by atoms with Crippen molar-refractivity contribution in [3.05, 3.63) is 220 Å². The van der Waals surface area contributed by atoms with Gasteiger partial charge in [0.1, 0.15) is 23.9 Å². The van der Waals surface area contributed by atoms with Crippen LogP contribution in [0.4, 0.5) is 0 Å². The Hall–Kier alpha value is -7.05. The maximum absolute atomic E-state index is 7.22. The Labute approximate surface area is 406 Å². The molecule has 2 aromatic carbocycles. The molecule has 0 spiro atoms. The molecule has 0 fully saturated rings. The Morgan fingerprint density at radius 2 is 1.68 bits per heavy atom. The summed E-state index contributed by atoms with van der Waals surface area (Å²) >= 11 is 0. The van der Waals surface area contributed by atoms with E-state index in [4.69, 9.17) is 19.7 Å². The van der Waals surface area contributed by atoms with Gasteiger partial charge in [0.15, 0.2) is 5.84 Å². The molecule has 2 aliphatic heterocycles. The topological polar surface area (TPSA) is 63.8 Å². The summed E-state index contributed by atoms with van der Waals surface area (Å²) in [4.78, 5) is 16.8. The van der Waals surface area contributed by atoms with Gasteiger partial charge in [-0.3, -0.25) is 4.98 Å². The second-order valence-corrected chi connectivity index (χ2v) is 20.2. The molecule has 4 heterocycles. The molecule has 69 heavy (non-hydrogen) atoms. The van der Waals surface area contributed by atoms with Crippen LogP contribution in [0.15, 0.2) is 197 Å². The van der Waals surface area contributed by atoms with Crippen molar-refractivity contribution in [3.63, 3.8) is 0 Å². The number of ether oxygens (including phenoxy) is 1. The molecular weight excluding hydrogens is 843 g/mol. The molecule has 6 atom stereocenters. The summed E-state index contributed by atoms with van der Waals surface area (Å²) in [5, 5.41) is 5.08. The first kappa shape index (κ1) is 42.1. The van der Waals surface area contributed by atoms with Crippen LogP contribution in [0.25, 0.3) is 33.3 Å². The van der Waals surface area contributed by atoms with Crippen LogP contribution in [0.3, 0.4) is 0 Å². The quantitative estimate of drug-likeness (QED) is 0.192. The lowest BCUT2D eigenvalue weighted by Crippen LogP contribution is -2.34. The first-order chi connectivity index (χ1) is 34.1. The number of aromatic nitrogens is 2. The Bertz CT molecular complexity index is 3240. The van der Waals surface area contributed by atoms with Crippen molar-refractivity contribution in [1.82, 2.24) is 14.9 Å². The molecule has 5 unspecified atom stereocenters. The zero-order valence-corrected chi connectivity index (χ0v) is 39.5. The number of amidine groups is 2. The third-order valence-corrected chi connectivity index (χ3v) is 15.9. The van der Waals surface area contributed by atoms with Gasteiger partial charge in [0.05, 0.1) is 17.1 Å². The van der Waals surface area contributed by atoms with Crippen LogP contribution < -0.4 is 5.32 Å². The minimum Gasteiger partial charge on any atom is -0.493 e. The lowest BCUT2D eigenvalue weighted by atomic mass is 9.73. The molecule has 13 rings (SSSR count). The highest BCUT2D eigenvalue weighted by molar-refractivity contribution is 6.15. The molecule has 6 heteroatoms. The number of allylic oxidation sites excluding steroid dienone is 21. The summed E-state index contributed by atoms with van der Waals surface area (Å²) in [7, 11) is 0. The van der Waals surface area contributed by atoms with Crippen LogP contribution in [-0.4, -0.2) is 27.3 Å². The standard InChI is InChI=1S/C63H59N5O/c1-40-34-55-58(57-50-30-17-18-32-53(50)68(60(40)57)49-28-15-6-16-29-49)56-51(31-19-33-54(56)69-55)59-52(63-66-61(43-24-11-4-12-25-43)65-62(67-63)44-26-13-5-14-27-44)38-48(39-64-59)47-36-45(41-20-7-2-8-21-41)35-46(37-47)42-22-9-3-10-23-42/h2-5,7-9,11-13,15,17-18,20,22,24-26,28-32,35-36,38-41,46,54,56,61H,6,10,14,16,19,21,23,27,33-34,37H2,1H3,(H,65,66,67)/t40?,41-,46?,54?,56?,61?/m0/s1. The van der Waals surface area contributed by atoms with E-state index in [0.29, 0.717) is 17.8 Å². The molecule has 0 radical (unpaired) electrons. The van der Waals surface area contributed by atoms with E-state index in [0.717, 1.165) is 110 Å². The van der Waals surface area contributed by atoms with Gasteiger partial charge < -0.3 is 14.6 Å². The molecule has 0 saturated carbocycles. The van der Waals surface area contributed by atoms with E-state index in [2.05, 4.69) is 181 Å². The average molecular weight is 902 g/mol. The van der Waals surface area contributed by atoms with Crippen LogP contribution in [0, 0.1) is 17.8 Å². The molecule has 9 aliphatic rings. The predicted molar refractivity (Wildman–Crippen MR) is 284 cm³/mol. The highest BCUT2D eigenvalue weighted by atomic mass is 16.5. The number of nitrogens with one attached hydrogen (secondary N) is 1. The Kier molecular flexibility index (Phi) is 10.9. The second-order valence-electron chi connectivity index (χ2n) is 20.2. The minimum absolute atomic E-state index is 0.0133. The number of nitrogens with zero attached hydrogens (tertiary/aromatic N) is 4. The monoisotopic (exact) mass is 901 g/mol. The van der Waals surface area contributed by atoms with E-state index in [1.165, 1.54) is 61.3 Å². The minimum atomic E-state index is -0.309. The average Bonchev–Trinajstić information content (AvgIpc) is 3.98. The number of para-hydroxylation sites is 1. The summed E-state index contributed by atoms with van der Waals surface area (Å²) in [6.07, 6.45) is 50.1. The summed E-state index contributed by atoms with van der Waals surface area (Å²) in [6.45, 7) is 2.39. The molecule has 342 valence electrons. The molecule has 0 saturated heterocycles. The van der Waals surface area contributed by atoms with Crippen molar-refractivity contribution in [2.24, 2.45) is 27.7 Å². The molecule has 0 bridgehead atoms. The molecule has 2 aromatic heterocycles. The van der Waals surface area contributed by atoms with Crippen LogP contribution in [0.1, 0.15) is 123 Å². The van der Waals surface area contributed by atoms with Gasteiger partial charge in [-0.2, -0.15) is 0 Å². The maximum atomic E-state index is 7.22. The fourth-order valence-electron chi connectivity index (χ4n) is 12.6. The molecule has 0 amide bonds. The second kappa shape index (κ2) is 17.8. The number of rotatable bonds is 8. The predicted octanol–water partition coefficient (Wildman–Crippen LogP) is 14.8. The number of hydrogen-bond acceptors (Lipinski definition) is 5. The van der Waals surface area contributed by atoms with Gasteiger partial charge >= 0.3 is 0 Å². The first-order valence-electron chi connectivity index (χ1n) is 25.7. The first-order valence-corrected chi connectivity index (χ1v) is 25.7. The fraction of sp³-hybridized carbons (Fsp3) is 0.286. The van der Waals surface area contributed by atoms with Gasteiger partial charge in [0, 0.05) is 63.8 Å². The van der Waals surface area contributed by atoms with Gasteiger partial charge in [-0.1, -0.05) is 152 Å². The number of hydrogen-bond donors (Lipinski definition) is 1. The van der Waals surface area contributed by atoms with Crippen LogP contribution in [0.2, 0.25) is 0 Å². The van der Waals surface area contributed by atoms with E-state index >= 15 is 0 Å². The van der Waals surface area contributed by atoms with E-state index in [1.807, 2.05) is 0 Å². The van der Waals surface area contributed by atoms with E-state index < -0.39 is 0 Å². The van der Waals surface area contributed by atoms with Gasteiger partial charge in [-0.15, -0.1) is 0 Å². The largest absolute Gasteiger partial charge is 0.493 e. The lowest BCUT2D eigenvalue weighted by molar-refractivity contribution is 0.109. The fourth-order valence-corrected chi connectivity index (χ4v) is 12.6. The van der Waals surface area contributed by atoms with Gasteiger partial charge in [-0.05, 0) is 116 Å². The van der Waals surface area contributed by atoms with Crippen molar-refractivity contribution in [2.75, 3.05) is 0 Å². The van der Waals surface area contributed by atoms with Gasteiger partial charge in [-0.25, -0.2) is 9.98 Å². The van der Waals surface area contributed by atoms with Crippen molar-refractivity contribution in [3.8, 4) is 0 Å². The maximum Gasteiger partial charge on any atom is 0.161 e. The normalized spacial score (nSPS) is 26.9. The third-order valence-electron chi connectivity index (χ3n) is 15.9. The van der Waals surface area contributed by atoms with Crippen molar-refractivity contribution in [2.45, 2.75) is 95.7 Å². The van der Waals surface area contributed by atoms with Crippen LogP contribution >= 0.6 is 0 Å². The highest BCUT2D eigenvalue weighted by Crippen LogP contribution is 2.57. The molecule has 6 nitrogen and oxygen atoms in total. The zero-order valence-electron chi connectivity index (χ0n) is 39.5. The zero-order chi connectivity index (χ0) is 45.8. The number of pyridine rings is 1. The molecular formula is C63H59N5O. The number of fused-ring (bicyclic) bond motifs is 6. The summed E-state index contributed by atoms with van der Waals surface area (Å²) < 4.78 is 9.79.